The molecule has 0 spiro atoms. The Morgan fingerprint density at radius 3 is 2.50 bits per heavy atom. The van der Waals surface area contributed by atoms with Crippen LogP contribution in [0.3, 0.4) is 0 Å². The van der Waals surface area contributed by atoms with Gasteiger partial charge in [0.1, 0.15) is 10.8 Å². The molecule has 0 bridgehead atoms. The second-order valence-electron chi connectivity index (χ2n) is 7.29. The molecule has 1 heterocycles. The molecule has 0 radical (unpaired) electrons. The molecule has 0 unspecified atom stereocenters. The highest BCUT2D eigenvalue weighted by Crippen LogP contribution is 2.38. The van der Waals surface area contributed by atoms with Gasteiger partial charge in [0.2, 0.25) is 5.91 Å². The van der Waals surface area contributed by atoms with E-state index in [2.05, 4.69) is 15.4 Å². The van der Waals surface area contributed by atoms with Crippen LogP contribution in [0.4, 0.5) is 14.2 Å². The molecule has 1 aliphatic rings. The maximum absolute atomic E-state index is 13.0. The van der Waals surface area contributed by atoms with E-state index in [-0.39, 0.29) is 29.1 Å². The molecule has 0 aliphatic heterocycles. The fraction of sp³-hybridized carbons (Fsp3) is 0.381. The summed E-state index contributed by atoms with van der Waals surface area (Å²) in [4.78, 5) is 37.5. The van der Waals surface area contributed by atoms with Crippen LogP contribution >= 0.6 is 11.3 Å². The summed E-state index contributed by atoms with van der Waals surface area (Å²) in [5.41, 5.74) is 1.07. The number of ether oxygens (including phenoxy) is 1. The van der Waals surface area contributed by atoms with Gasteiger partial charge in [-0.25, -0.2) is 17.6 Å². The fourth-order valence-electron chi connectivity index (χ4n) is 3.47. The molecule has 32 heavy (non-hydrogen) atoms. The summed E-state index contributed by atoms with van der Waals surface area (Å²) in [6, 6.07) is 4.51. The molecule has 0 atom stereocenters. The maximum Gasteiger partial charge on any atom is 0.413 e. The molecule has 2 N–H and O–H groups in total. The molecule has 0 saturated heterocycles. The molecule has 1 aliphatic carbocycles. The van der Waals surface area contributed by atoms with Gasteiger partial charge in [0, 0.05) is 11.3 Å². The summed E-state index contributed by atoms with van der Waals surface area (Å²) in [6.07, 6.45) is 2.40. The zero-order valence-corrected chi connectivity index (χ0v) is 19.0. The van der Waals surface area contributed by atoms with Crippen LogP contribution in [0.5, 0.6) is 0 Å². The molecule has 0 fully saturated rings. The number of anilines is 1. The number of thiophene rings is 1. The van der Waals surface area contributed by atoms with Gasteiger partial charge in [-0.2, -0.15) is 0 Å². The maximum atomic E-state index is 13.0. The molecule has 8 nitrogen and oxygen atoms in total. The first-order valence-corrected chi connectivity index (χ1v) is 12.5. The Kier molecular flexibility index (Phi) is 7.62. The monoisotopic (exact) mass is 482 g/mol. The third-order valence-electron chi connectivity index (χ3n) is 5.04. The second-order valence-corrected chi connectivity index (χ2v) is 10.5. The fourth-order valence-corrected chi connectivity index (χ4v) is 6.09. The molecule has 11 heteroatoms. The van der Waals surface area contributed by atoms with E-state index in [1.807, 2.05) is 0 Å². The first kappa shape index (κ1) is 23.9. The highest BCUT2D eigenvalue weighted by molar-refractivity contribution is 7.91. The lowest BCUT2D eigenvalue weighted by atomic mass is 9.95. The first-order chi connectivity index (χ1) is 15.2. The average Bonchev–Trinajstić information content (AvgIpc) is 3.11. The van der Waals surface area contributed by atoms with E-state index in [4.69, 9.17) is 0 Å². The van der Waals surface area contributed by atoms with Gasteiger partial charge in [0.15, 0.2) is 9.84 Å². The predicted octanol–water partition coefficient (Wildman–Crippen LogP) is 3.45. The number of hydrogen-bond acceptors (Lipinski definition) is 7. The standard InChI is InChI=1S/C21H23FN2O6S2/c1-30-21(27)24-19(26)18-15-5-2-3-6-16(15)31-20(18)23-17(25)7-4-12-32(28,29)14-10-8-13(22)9-11-14/h8-11H,2-7,12H2,1H3,(H,23,25)(H,24,26,27). The van der Waals surface area contributed by atoms with Crippen molar-refractivity contribution in [3.63, 3.8) is 0 Å². The van der Waals surface area contributed by atoms with E-state index in [0.717, 1.165) is 48.9 Å². The van der Waals surface area contributed by atoms with E-state index in [9.17, 15) is 27.2 Å². The lowest BCUT2D eigenvalue weighted by molar-refractivity contribution is -0.116. The van der Waals surface area contributed by atoms with Crippen molar-refractivity contribution < 1.29 is 31.9 Å². The number of carbonyl (C=O) groups excluding carboxylic acids is 3. The summed E-state index contributed by atoms with van der Waals surface area (Å²) >= 11 is 1.29. The van der Waals surface area contributed by atoms with Crippen molar-refractivity contribution in [3.8, 4) is 0 Å². The number of methoxy groups -OCH3 is 1. The largest absolute Gasteiger partial charge is 0.453 e. The number of fused-ring (bicyclic) bond motifs is 1. The van der Waals surface area contributed by atoms with Crippen LogP contribution in [0.15, 0.2) is 29.2 Å². The van der Waals surface area contributed by atoms with Gasteiger partial charge in [0.05, 0.1) is 23.3 Å². The zero-order chi connectivity index (χ0) is 23.3. The Hall–Kier alpha value is -2.79. The van der Waals surface area contributed by atoms with Crippen molar-refractivity contribution in [2.45, 2.75) is 43.4 Å². The summed E-state index contributed by atoms with van der Waals surface area (Å²) in [5.74, 6) is -1.90. The van der Waals surface area contributed by atoms with E-state index < -0.39 is 33.6 Å². The summed E-state index contributed by atoms with van der Waals surface area (Å²) in [5, 5.41) is 5.16. The molecule has 3 rings (SSSR count). The van der Waals surface area contributed by atoms with E-state index in [0.29, 0.717) is 11.4 Å². The summed E-state index contributed by atoms with van der Waals surface area (Å²) in [7, 11) is -2.50. The van der Waals surface area contributed by atoms with Crippen LogP contribution in [0.2, 0.25) is 0 Å². The summed E-state index contributed by atoms with van der Waals surface area (Å²) in [6.45, 7) is 0. The number of imide groups is 1. The molecule has 0 saturated carbocycles. The van der Waals surface area contributed by atoms with Crippen molar-refractivity contribution in [2.75, 3.05) is 18.2 Å². The van der Waals surface area contributed by atoms with Gasteiger partial charge in [0.25, 0.3) is 5.91 Å². The number of rotatable bonds is 7. The molecule has 172 valence electrons. The minimum absolute atomic E-state index is 0.00740. The Morgan fingerprint density at radius 1 is 1.12 bits per heavy atom. The third kappa shape index (κ3) is 5.71. The number of sulfone groups is 1. The molecule has 3 amide bonds. The second kappa shape index (κ2) is 10.2. The van der Waals surface area contributed by atoms with Crippen LogP contribution < -0.4 is 10.6 Å². The van der Waals surface area contributed by atoms with Crippen molar-refractivity contribution in [3.05, 3.63) is 46.1 Å². The number of nitrogens with one attached hydrogen (secondary N) is 2. The van der Waals surface area contributed by atoms with Gasteiger partial charge in [-0.1, -0.05) is 0 Å². The van der Waals surface area contributed by atoms with Crippen molar-refractivity contribution in [1.29, 1.82) is 0 Å². The Bertz CT molecular complexity index is 1130. The van der Waals surface area contributed by atoms with Crippen LogP contribution in [0.25, 0.3) is 0 Å². The minimum Gasteiger partial charge on any atom is -0.453 e. The number of amides is 3. The first-order valence-electron chi connectivity index (χ1n) is 10.0. The van der Waals surface area contributed by atoms with Crippen molar-refractivity contribution >= 4 is 44.1 Å². The average molecular weight is 483 g/mol. The number of aryl methyl sites for hydroxylation is 1. The Morgan fingerprint density at radius 2 is 1.81 bits per heavy atom. The number of halogens is 1. The van der Waals surface area contributed by atoms with Gasteiger partial charge in [-0.3, -0.25) is 14.9 Å². The van der Waals surface area contributed by atoms with E-state index in [1.165, 1.54) is 23.5 Å². The Labute approximate surface area is 189 Å². The smallest absolute Gasteiger partial charge is 0.413 e. The van der Waals surface area contributed by atoms with Crippen LogP contribution in [-0.2, 0) is 32.2 Å². The normalized spacial score (nSPS) is 13.2. The van der Waals surface area contributed by atoms with Gasteiger partial charge >= 0.3 is 6.09 Å². The van der Waals surface area contributed by atoms with Crippen LogP contribution in [-0.4, -0.2) is 39.2 Å². The molecular weight excluding hydrogens is 459 g/mol. The minimum atomic E-state index is -3.65. The Balaban J connectivity index is 1.66. The quantitative estimate of drug-likeness (QED) is 0.584. The number of carbonyl (C=O) groups is 3. The van der Waals surface area contributed by atoms with Crippen LogP contribution in [0.1, 0.15) is 46.5 Å². The van der Waals surface area contributed by atoms with Crippen molar-refractivity contribution in [2.24, 2.45) is 0 Å². The molecule has 2 aromatic rings. The zero-order valence-electron chi connectivity index (χ0n) is 17.4. The lowest BCUT2D eigenvalue weighted by Gasteiger charge is -2.12. The molecule has 1 aromatic heterocycles. The van der Waals surface area contributed by atoms with Crippen LogP contribution in [0, 0.1) is 5.82 Å². The van der Waals surface area contributed by atoms with E-state index in [1.54, 1.807) is 0 Å². The predicted molar refractivity (Wildman–Crippen MR) is 117 cm³/mol. The molecule has 1 aromatic carbocycles. The van der Waals surface area contributed by atoms with Gasteiger partial charge < -0.3 is 10.1 Å². The van der Waals surface area contributed by atoms with Gasteiger partial charge in [-0.05, 0) is 61.9 Å². The number of benzene rings is 1. The van der Waals surface area contributed by atoms with E-state index >= 15 is 0 Å². The third-order valence-corrected chi connectivity index (χ3v) is 8.07. The topological polar surface area (TPSA) is 119 Å². The number of hydrogen-bond donors (Lipinski definition) is 2. The van der Waals surface area contributed by atoms with Gasteiger partial charge in [-0.15, -0.1) is 11.3 Å². The lowest BCUT2D eigenvalue weighted by Crippen LogP contribution is -2.31. The highest BCUT2D eigenvalue weighted by atomic mass is 32.2. The van der Waals surface area contributed by atoms with Crippen molar-refractivity contribution in [1.82, 2.24) is 5.32 Å². The highest BCUT2D eigenvalue weighted by Gasteiger charge is 2.27. The SMILES string of the molecule is COC(=O)NC(=O)c1c(NC(=O)CCCS(=O)(=O)c2ccc(F)cc2)sc2c1CCCC2. The summed E-state index contributed by atoms with van der Waals surface area (Å²) < 4.78 is 42.2. The number of alkyl carbamates (subject to hydrolysis) is 1. The molecular formula is C21H23FN2O6S2.